The summed E-state index contributed by atoms with van der Waals surface area (Å²) in [5.74, 6) is -0.623. The number of ketones is 1. The van der Waals surface area contributed by atoms with Gasteiger partial charge in [-0.25, -0.2) is 9.59 Å². The molecule has 2 N–H and O–H groups in total. The van der Waals surface area contributed by atoms with E-state index in [4.69, 9.17) is 9.47 Å². The Hall–Kier alpha value is -3.39. The van der Waals surface area contributed by atoms with E-state index in [1.165, 1.54) is 6.92 Å². The Morgan fingerprint density at radius 3 is 2.33 bits per heavy atom. The van der Waals surface area contributed by atoms with Crippen LogP contribution in [0.4, 0.5) is 4.79 Å². The van der Waals surface area contributed by atoms with E-state index < -0.39 is 23.6 Å². The molecule has 194 valence electrons. The topological polar surface area (TPSA) is 105 Å². The summed E-state index contributed by atoms with van der Waals surface area (Å²) in [5, 5.41) is 12.3. The molecule has 0 spiro atoms. The van der Waals surface area contributed by atoms with Crippen LogP contribution in [0.2, 0.25) is 0 Å². The highest BCUT2D eigenvalue weighted by atomic mass is 16.5. The van der Waals surface area contributed by atoms with Gasteiger partial charge < -0.3 is 24.8 Å². The van der Waals surface area contributed by atoms with Crippen molar-refractivity contribution < 1.29 is 29.0 Å². The quantitative estimate of drug-likeness (QED) is 0.398. The number of rotatable bonds is 12. The van der Waals surface area contributed by atoms with Gasteiger partial charge in [-0.3, -0.25) is 4.79 Å². The van der Waals surface area contributed by atoms with Gasteiger partial charge in [-0.2, -0.15) is 0 Å². The number of benzene rings is 2. The molecule has 0 saturated heterocycles. The Labute approximate surface area is 212 Å². The second-order valence-corrected chi connectivity index (χ2v) is 9.26. The number of hydrogen-bond donors (Lipinski definition) is 2. The number of ether oxygens (including phenoxy) is 2. The van der Waals surface area contributed by atoms with Gasteiger partial charge in [0.1, 0.15) is 11.3 Å². The van der Waals surface area contributed by atoms with Crippen LogP contribution in [-0.2, 0) is 9.53 Å². The fourth-order valence-electron chi connectivity index (χ4n) is 4.35. The van der Waals surface area contributed by atoms with Crippen molar-refractivity contribution in [3.05, 3.63) is 64.7 Å². The van der Waals surface area contributed by atoms with Gasteiger partial charge in [0.05, 0.1) is 30.9 Å². The molecule has 8 heteroatoms. The van der Waals surface area contributed by atoms with Gasteiger partial charge in [0.15, 0.2) is 5.78 Å². The third kappa shape index (κ3) is 6.05. The van der Waals surface area contributed by atoms with Crippen molar-refractivity contribution in [1.82, 2.24) is 10.2 Å². The minimum Gasteiger partial charge on any atom is -0.493 e. The molecular formula is C28H36N2O6. The largest absolute Gasteiger partial charge is 0.493 e. The van der Waals surface area contributed by atoms with Gasteiger partial charge in [0, 0.05) is 6.54 Å². The van der Waals surface area contributed by atoms with Crippen LogP contribution in [0.1, 0.15) is 79.7 Å². The van der Waals surface area contributed by atoms with E-state index >= 15 is 0 Å². The zero-order valence-corrected chi connectivity index (χ0v) is 21.7. The molecule has 8 nitrogen and oxygen atoms in total. The molecule has 0 unspecified atom stereocenters. The molecule has 1 aliphatic rings. The van der Waals surface area contributed by atoms with Gasteiger partial charge in [0.2, 0.25) is 0 Å². The highest BCUT2D eigenvalue weighted by molar-refractivity contribution is 5.97. The first-order valence-electron chi connectivity index (χ1n) is 12.4. The Balaban J connectivity index is 1.85. The molecule has 1 aliphatic carbocycles. The number of nitrogens with zero attached hydrogens (tertiary/aromatic N) is 1. The number of aliphatic carboxylic acids is 1. The lowest BCUT2D eigenvalue weighted by Crippen LogP contribution is -2.51. The minimum absolute atomic E-state index is 0.101. The average molecular weight is 497 g/mol. The normalized spacial score (nSPS) is 15.5. The number of carbonyl (C=O) groups excluding carboxylic acids is 2. The zero-order chi connectivity index (χ0) is 26.5. The lowest BCUT2D eigenvalue weighted by molar-refractivity contribution is -0.140. The van der Waals surface area contributed by atoms with Gasteiger partial charge in [-0.05, 0) is 70.2 Å². The average Bonchev–Trinajstić information content (AvgIpc) is 3.63. The van der Waals surface area contributed by atoms with E-state index in [9.17, 15) is 19.5 Å². The maximum atomic E-state index is 13.4. The Kier molecular flexibility index (Phi) is 8.74. The Morgan fingerprint density at radius 2 is 1.78 bits per heavy atom. The van der Waals surface area contributed by atoms with Crippen LogP contribution in [0, 0.1) is 6.92 Å². The first-order valence-corrected chi connectivity index (χ1v) is 12.4. The van der Waals surface area contributed by atoms with Crippen LogP contribution in [0.3, 0.4) is 0 Å². The summed E-state index contributed by atoms with van der Waals surface area (Å²) in [7, 11) is 0. The fourth-order valence-corrected chi connectivity index (χ4v) is 4.35. The lowest BCUT2D eigenvalue weighted by Gasteiger charge is -2.32. The van der Waals surface area contributed by atoms with Crippen molar-refractivity contribution in [2.24, 2.45) is 0 Å². The summed E-state index contributed by atoms with van der Waals surface area (Å²) in [5.41, 5.74) is 1.89. The maximum absolute atomic E-state index is 13.4. The molecule has 36 heavy (non-hydrogen) atoms. The molecule has 0 heterocycles. The van der Waals surface area contributed by atoms with Crippen molar-refractivity contribution >= 4 is 17.8 Å². The van der Waals surface area contributed by atoms with E-state index in [-0.39, 0.29) is 25.0 Å². The highest BCUT2D eigenvalue weighted by Crippen LogP contribution is 2.37. The maximum Gasteiger partial charge on any atom is 0.329 e. The molecule has 0 aromatic heterocycles. The molecule has 3 rings (SSSR count). The van der Waals surface area contributed by atoms with Crippen molar-refractivity contribution in [2.45, 2.75) is 65.1 Å². The number of amides is 2. The molecule has 0 bridgehead atoms. The molecule has 2 aromatic rings. The summed E-state index contributed by atoms with van der Waals surface area (Å²) in [6.07, 6.45) is 0.637. The predicted octanol–water partition coefficient (Wildman–Crippen LogP) is 5.06. The summed E-state index contributed by atoms with van der Waals surface area (Å²) in [6.45, 7) is 9.95. The Morgan fingerprint density at radius 1 is 1.11 bits per heavy atom. The Bertz CT molecular complexity index is 1100. The molecule has 2 amide bonds. The van der Waals surface area contributed by atoms with Gasteiger partial charge in [0.25, 0.3) is 0 Å². The van der Waals surface area contributed by atoms with Crippen molar-refractivity contribution in [2.75, 3.05) is 19.8 Å². The number of nitrogens with one attached hydrogen (secondary N) is 1. The fraction of sp³-hybridized carbons (Fsp3) is 0.464. The summed E-state index contributed by atoms with van der Waals surface area (Å²) >= 11 is 0. The lowest BCUT2D eigenvalue weighted by atomic mass is 9.96. The molecule has 0 radical (unpaired) electrons. The zero-order valence-electron chi connectivity index (χ0n) is 21.7. The molecule has 1 fully saturated rings. The number of urea groups is 1. The molecule has 1 saturated carbocycles. The smallest absolute Gasteiger partial charge is 0.329 e. The predicted molar refractivity (Wildman–Crippen MR) is 136 cm³/mol. The minimum atomic E-state index is -1.21. The van der Waals surface area contributed by atoms with Crippen LogP contribution in [0.15, 0.2) is 42.5 Å². The van der Waals surface area contributed by atoms with Crippen LogP contribution in [-0.4, -0.2) is 53.1 Å². The second-order valence-electron chi connectivity index (χ2n) is 9.26. The summed E-state index contributed by atoms with van der Waals surface area (Å²) < 4.78 is 11.8. The van der Waals surface area contributed by atoms with E-state index in [0.717, 1.165) is 16.7 Å². The summed E-state index contributed by atoms with van der Waals surface area (Å²) in [4.78, 5) is 38.8. The first-order chi connectivity index (χ1) is 17.1. The van der Waals surface area contributed by atoms with E-state index in [0.29, 0.717) is 30.8 Å². The molecular weight excluding hydrogens is 460 g/mol. The van der Waals surface area contributed by atoms with Crippen molar-refractivity contribution in [3.63, 3.8) is 0 Å². The van der Waals surface area contributed by atoms with Crippen molar-refractivity contribution in [1.29, 1.82) is 0 Å². The number of carboxylic acid groups (broad SMARTS) is 1. The standard InChI is InChI=1S/C28H36N2O6/c1-6-35-25-18(2)23(12-13-24(25)20(4)31)19(3)30(27(34)29-28(14-15-28)26(32)33)16-17-36-21(5)22-10-8-7-9-11-22/h7-13,19,21H,6,14-17H2,1-5H3,(H,29,34)(H,32,33)/t19-,21+/m1/s1. The van der Waals surface area contributed by atoms with Crippen LogP contribution in [0.25, 0.3) is 0 Å². The van der Waals surface area contributed by atoms with Crippen LogP contribution < -0.4 is 10.1 Å². The van der Waals surface area contributed by atoms with Gasteiger partial charge in [-0.15, -0.1) is 0 Å². The number of hydrogen-bond acceptors (Lipinski definition) is 5. The van der Waals surface area contributed by atoms with E-state index in [1.807, 2.05) is 64.1 Å². The third-order valence-corrected chi connectivity index (χ3v) is 6.77. The van der Waals surface area contributed by atoms with Crippen molar-refractivity contribution in [3.8, 4) is 5.75 Å². The summed E-state index contributed by atoms with van der Waals surface area (Å²) in [6, 6.07) is 12.5. The monoisotopic (exact) mass is 496 g/mol. The number of carbonyl (C=O) groups is 3. The van der Waals surface area contributed by atoms with E-state index in [1.54, 1.807) is 11.0 Å². The van der Waals surface area contributed by atoms with Gasteiger partial charge in [-0.1, -0.05) is 36.4 Å². The van der Waals surface area contributed by atoms with E-state index in [2.05, 4.69) is 5.32 Å². The van der Waals surface area contributed by atoms with Crippen LogP contribution >= 0.6 is 0 Å². The number of Topliss-reactive ketones (excluding diaryl/α,β-unsaturated/α-hetero) is 1. The first kappa shape index (κ1) is 27.2. The molecule has 2 aromatic carbocycles. The molecule has 0 aliphatic heterocycles. The highest BCUT2D eigenvalue weighted by Gasteiger charge is 2.52. The third-order valence-electron chi connectivity index (χ3n) is 6.77. The van der Waals surface area contributed by atoms with Crippen LogP contribution in [0.5, 0.6) is 5.75 Å². The second kappa shape index (κ2) is 11.6. The number of carboxylic acids is 1. The SMILES string of the molecule is CCOc1c(C(C)=O)ccc([C@@H](C)N(CCO[C@@H](C)c2ccccc2)C(=O)NC2(C(=O)O)CC2)c1C. The molecule has 2 atom stereocenters. The van der Waals surface area contributed by atoms with Gasteiger partial charge >= 0.3 is 12.0 Å².